The average Bonchev–Trinajstić information content (AvgIpc) is 3.74. The van der Waals surface area contributed by atoms with Crippen LogP contribution < -0.4 is 19.7 Å². The molecule has 0 radical (unpaired) electrons. The highest BCUT2D eigenvalue weighted by Gasteiger charge is 2.64. The lowest BCUT2D eigenvalue weighted by Gasteiger charge is -2.54. The summed E-state index contributed by atoms with van der Waals surface area (Å²) in [6, 6.07) is 17.3. The molecule has 3 atom stereocenters. The second-order valence-corrected chi connectivity index (χ2v) is 18.1. The van der Waals surface area contributed by atoms with Gasteiger partial charge in [-0.2, -0.15) is 4.74 Å². The molecule has 3 aliphatic heterocycles. The number of nitrogens with one attached hydrogen (secondary N) is 2. The maximum Gasteiger partial charge on any atom is 0.247 e. The van der Waals surface area contributed by atoms with E-state index in [-0.39, 0.29) is 17.9 Å². The van der Waals surface area contributed by atoms with Gasteiger partial charge in [0.05, 0.1) is 34.1 Å². The van der Waals surface area contributed by atoms with Crippen LogP contribution in [0.4, 0.5) is 11.4 Å². The smallest absolute Gasteiger partial charge is 0.247 e. The van der Waals surface area contributed by atoms with Crippen LogP contribution in [-0.4, -0.2) is 82.1 Å². The molecule has 11 heteroatoms. The zero-order valence-corrected chi connectivity index (χ0v) is 33.4. The highest BCUT2D eigenvalue weighted by Crippen LogP contribution is 2.56. The number of amides is 1. The number of hydrogen-bond donors (Lipinski definition) is 2. The summed E-state index contributed by atoms with van der Waals surface area (Å²) in [6.07, 6.45) is 13.3. The van der Waals surface area contributed by atoms with Crippen LogP contribution in [0.15, 0.2) is 65.6 Å². The van der Waals surface area contributed by atoms with Gasteiger partial charge in [-0.1, -0.05) is 62.8 Å². The number of sulfonamides is 1. The predicted molar refractivity (Wildman–Crippen MR) is 217 cm³/mol. The van der Waals surface area contributed by atoms with Gasteiger partial charge >= 0.3 is 0 Å². The number of carbonyl (C=O) groups is 1. The minimum absolute atomic E-state index is 0.0124. The maximum absolute atomic E-state index is 14.0. The van der Waals surface area contributed by atoms with Crippen molar-refractivity contribution in [1.82, 2.24) is 14.9 Å². The third-order valence-electron chi connectivity index (χ3n) is 12.5. The van der Waals surface area contributed by atoms with Crippen LogP contribution in [-0.2, 0) is 14.8 Å². The molecule has 1 unspecified atom stereocenters. The van der Waals surface area contributed by atoms with E-state index in [2.05, 4.69) is 34.9 Å². The Bertz CT molecular complexity index is 2080. The molecule has 3 heterocycles. The van der Waals surface area contributed by atoms with E-state index in [9.17, 15) is 18.4 Å². The van der Waals surface area contributed by atoms with Crippen LogP contribution in [0, 0.1) is 16.5 Å². The zero-order chi connectivity index (χ0) is 38.3. The maximum atomic E-state index is 14.0. The first-order valence-corrected chi connectivity index (χ1v) is 21.4. The summed E-state index contributed by atoms with van der Waals surface area (Å²) < 4.78 is 36.4. The molecule has 1 amide bonds. The van der Waals surface area contributed by atoms with Crippen molar-refractivity contribution in [2.75, 3.05) is 45.7 Å². The quantitative estimate of drug-likeness (QED) is 0.0891. The molecule has 1 aliphatic carbocycles. The van der Waals surface area contributed by atoms with E-state index in [0.717, 1.165) is 115 Å². The van der Waals surface area contributed by atoms with Crippen LogP contribution in [0.2, 0.25) is 0 Å². The van der Waals surface area contributed by atoms with Gasteiger partial charge in [0.1, 0.15) is 11.3 Å². The molecule has 0 bridgehead atoms. The van der Waals surface area contributed by atoms with Crippen molar-refractivity contribution < 1.29 is 22.7 Å². The third-order valence-corrected chi connectivity index (χ3v) is 14.0. The first-order valence-electron chi connectivity index (χ1n) is 19.9. The van der Waals surface area contributed by atoms with Crippen LogP contribution in [0.25, 0.3) is 16.3 Å². The van der Waals surface area contributed by atoms with Gasteiger partial charge in [-0.05, 0) is 83.3 Å². The molecule has 4 aliphatic rings. The molecule has 2 fully saturated rings. The van der Waals surface area contributed by atoms with E-state index in [1.807, 2.05) is 74.6 Å². The monoisotopic (exact) mass is 755 g/mol. The van der Waals surface area contributed by atoms with E-state index in [4.69, 9.17) is 4.74 Å². The third kappa shape index (κ3) is 6.81. The topological polar surface area (TPSA) is 117 Å². The highest BCUT2D eigenvalue weighted by atomic mass is 32.2. The number of likely N-dealkylation sites (N-methyl/N-ethyl adjacent to an activating group) is 1. The molecular formula is C43H57N5O5S. The van der Waals surface area contributed by atoms with Gasteiger partial charge in [0.2, 0.25) is 27.3 Å². The average molecular weight is 756 g/mol. The summed E-state index contributed by atoms with van der Waals surface area (Å²) in [4.78, 5) is 18.4. The Morgan fingerprint density at radius 2 is 1.67 bits per heavy atom. The van der Waals surface area contributed by atoms with Gasteiger partial charge in [-0.15, -0.1) is 0 Å². The number of benzene rings is 3. The number of hydrogen-bond acceptors (Lipinski definition) is 7. The lowest BCUT2D eigenvalue weighted by molar-refractivity contribution is -0.362. The number of fused-ring (bicyclic) bond motifs is 6. The molecule has 10 nitrogen and oxygen atoms in total. The lowest BCUT2D eigenvalue weighted by Crippen LogP contribution is -2.70. The van der Waals surface area contributed by atoms with Gasteiger partial charge in [0.15, 0.2) is 0 Å². The van der Waals surface area contributed by atoms with Crippen molar-refractivity contribution in [3.05, 3.63) is 71.4 Å². The number of rotatable bonds is 16. The summed E-state index contributed by atoms with van der Waals surface area (Å²) in [5.74, 6) is 0.826. The Morgan fingerprint density at radius 1 is 0.963 bits per heavy atom. The Morgan fingerprint density at radius 3 is 2.41 bits per heavy atom. The Kier molecular flexibility index (Phi) is 10.9. The van der Waals surface area contributed by atoms with Crippen LogP contribution in [0.3, 0.4) is 0 Å². The molecule has 0 saturated carbocycles. The number of ether oxygens (including phenoxy) is 1. The first kappa shape index (κ1) is 38.3. The number of carbonyl (C=O) groups excluding carboxylic acids is 1. The summed E-state index contributed by atoms with van der Waals surface area (Å²) in [6.45, 7) is 6.10. The van der Waals surface area contributed by atoms with Crippen molar-refractivity contribution in [3.8, 4) is 5.75 Å². The van der Waals surface area contributed by atoms with E-state index in [1.54, 1.807) is 6.07 Å². The van der Waals surface area contributed by atoms with Crippen LogP contribution in [0.1, 0.15) is 90.0 Å². The molecule has 2 saturated heterocycles. The Labute approximate surface area is 321 Å². The van der Waals surface area contributed by atoms with Crippen molar-refractivity contribution in [3.63, 3.8) is 0 Å². The van der Waals surface area contributed by atoms with Gasteiger partial charge in [-0.25, -0.2) is 13.1 Å². The molecular weight excluding hydrogens is 699 g/mol. The molecule has 2 N–H and O–H groups in total. The molecule has 0 aromatic heterocycles. The van der Waals surface area contributed by atoms with Crippen molar-refractivity contribution in [1.29, 1.82) is 0 Å². The van der Waals surface area contributed by atoms with E-state index in [1.165, 1.54) is 0 Å². The van der Waals surface area contributed by atoms with Crippen molar-refractivity contribution >= 4 is 49.4 Å². The molecule has 7 rings (SSSR count). The fraction of sp³-hybridized carbons (Fsp3) is 0.535. The van der Waals surface area contributed by atoms with E-state index in [0.29, 0.717) is 29.5 Å². The standard InChI is InChI=1S/C43H57N5O5S/c1-42(2)39-27-30-17-16-25-47(30)41(49)43(39,44-3)29-35-33-23-22-31(28-37(33)48(50)40(35)42)53-26-13-11-9-7-6-8-10-12-24-45-54(51,52)38-21-15-18-32-34(38)19-14-20-36(32)46(4)5/h14-15,18-23,28-30,39,44-45H,6-13,16-17,24-27H2,1-5H3/t30-,39?,43-/m0/s1. The molecule has 290 valence electrons. The highest BCUT2D eigenvalue weighted by molar-refractivity contribution is 7.89. The molecule has 54 heavy (non-hydrogen) atoms. The molecule has 3 aromatic rings. The molecule has 3 aromatic carbocycles. The summed E-state index contributed by atoms with van der Waals surface area (Å²) in [5, 5.41) is 19.0. The van der Waals surface area contributed by atoms with Crippen LogP contribution >= 0.6 is 0 Å². The Balaban J connectivity index is 0.839. The van der Waals surface area contributed by atoms with Crippen molar-refractivity contribution in [2.24, 2.45) is 11.3 Å². The second-order valence-electron chi connectivity index (χ2n) is 16.4. The fourth-order valence-corrected chi connectivity index (χ4v) is 11.0. The van der Waals surface area contributed by atoms with Gasteiger partial charge in [0.25, 0.3) is 0 Å². The summed E-state index contributed by atoms with van der Waals surface area (Å²) >= 11 is 0. The minimum Gasteiger partial charge on any atom is -0.618 e. The summed E-state index contributed by atoms with van der Waals surface area (Å²) in [7, 11) is 2.20. The Hall–Kier alpha value is -3.93. The SMILES string of the molecule is CN[C@@]12C=C3C(=[N+]([O-])c4cc(OCCCCCCCCCCNS(=O)(=O)c5cccc6c(N(C)C)cccc56)ccc43)C(C)(C)C1C[C@@H]1CCCN1C2=O. The lowest BCUT2D eigenvalue weighted by atomic mass is 9.56. The second kappa shape index (κ2) is 15.3. The summed E-state index contributed by atoms with van der Waals surface area (Å²) in [5.41, 5.74) is 2.77. The number of nitrogens with zero attached hydrogens (tertiary/aromatic N) is 3. The number of allylic oxidation sites excluding steroid dienone is 1. The van der Waals surface area contributed by atoms with Gasteiger partial charge < -0.3 is 25.1 Å². The van der Waals surface area contributed by atoms with Crippen LogP contribution in [0.5, 0.6) is 5.75 Å². The number of anilines is 1. The van der Waals surface area contributed by atoms with Gasteiger partial charge in [-0.3, -0.25) is 4.79 Å². The largest absolute Gasteiger partial charge is 0.618 e. The predicted octanol–water partition coefficient (Wildman–Crippen LogP) is 7.37. The van der Waals surface area contributed by atoms with Crippen molar-refractivity contribution in [2.45, 2.75) is 101 Å². The number of piperidine rings is 1. The zero-order valence-electron chi connectivity index (χ0n) is 32.6. The molecule has 0 spiro atoms. The number of unbranched alkanes of at least 4 members (excludes halogenated alkanes) is 7. The minimum atomic E-state index is -3.60. The van der Waals surface area contributed by atoms with Gasteiger partial charge in [0, 0.05) is 55.6 Å². The van der Waals surface area contributed by atoms with E-state index < -0.39 is 21.0 Å². The first-order chi connectivity index (χ1) is 25.9. The fourth-order valence-electron chi connectivity index (χ4n) is 9.73. The van der Waals surface area contributed by atoms with E-state index >= 15 is 0 Å². The normalized spacial score (nSPS) is 22.9.